The van der Waals surface area contributed by atoms with Gasteiger partial charge >= 0.3 is 5.97 Å². The van der Waals surface area contributed by atoms with Gasteiger partial charge in [0.2, 0.25) is 23.6 Å². The second-order valence-electron chi connectivity index (χ2n) is 14.3. The van der Waals surface area contributed by atoms with Gasteiger partial charge in [0, 0.05) is 32.7 Å². The van der Waals surface area contributed by atoms with Gasteiger partial charge in [0.25, 0.3) is 0 Å². The molecule has 0 aromatic carbocycles. The molecule has 6 unspecified atom stereocenters. The van der Waals surface area contributed by atoms with E-state index in [1.165, 1.54) is 19.1 Å². The molecule has 0 saturated carbocycles. The molecule has 2 rings (SSSR count). The zero-order valence-corrected chi connectivity index (χ0v) is 36.1. The Kier molecular flexibility index (Phi) is 27.0. The maximum Gasteiger partial charge on any atom is 0.322 e. The molecule has 53 heavy (non-hydrogen) atoms. The summed E-state index contributed by atoms with van der Waals surface area (Å²) in [5, 5.41) is 18.9. The molecule has 1 aromatic heterocycles. The van der Waals surface area contributed by atoms with Crippen LogP contribution >= 0.6 is 11.3 Å². The minimum atomic E-state index is -1.15. The summed E-state index contributed by atoms with van der Waals surface area (Å²) < 4.78 is 11.5. The quantitative estimate of drug-likeness (QED) is 0.171. The largest absolute Gasteiger partial charge is 0.480 e. The molecule has 1 aliphatic heterocycles. The van der Waals surface area contributed by atoms with Crippen molar-refractivity contribution in [3.63, 3.8) is 0 Å². The van der Waals surface area contributed by atoms with Crippen molar-refractivity contribution >= 4 is 40.9 Å². The highest BCUT2D eigenvalue weighted by atomic mass is 32.1. The van der Waals surface area contributed by atoms with E-state index >= 15 is 0 Å². The standard InChI is InChI=1S/C28H51N5O8.C5H6S.C4H10.C2H6/c1-10-17(2)24(32(7)22(35)15-31-27(39)28(4,5)29-6)20(40-8)14-21(34)33-13-11-12-19(33)25(41-9)18(3)26(38)30-16-23(36)37;1-5-3-2-4-6-5;1-4(2)3;1-2/h17-20,24-25,29H,10-16H2,1-9H3,(H,30,38)(H,31,39)(H,36,37);2-4H,1H3;4H,1-3H3;1-2H3. The fourth-order valence-electron chi connectivity index (χ4n) is 5.62. The molecule has 4 amide bonds. The van der Waals surface area contributed by atoms with Crippen LogP contribution in [0.1, 0.15) is 99.8 Å². The molecule has 6 atom stereocenters. The fourth-order valence-corrected chi connectivity index (χ4v) is 6.15. The zero-order chi connectivity index (χ0) is 41.5. The molecule has 1 aromatic rings. The van der Waals surface area contributed by atoms with Gasteiger partial charge in [0.15, 0.2) is 0 Å². The number of carboxylic acids is 1. The Labute approximate surface area is 324 Å². The van der Waals surface area contributed by atoms with E-state index in [0.717, 1.165) is 18.8 Å². The number of nitrogens with one attached hydrogen (secondary N) is 3. The van der Waals surface area contributed by atoms with Gasteiger partial charge in [0.05, 0.1) is 48.7 Å². The topological polar surface area (TPSA) is 167 Å². The normalized spacial score (nSPS) is 16.5. The molecule has 1 saturated heterocycles. The summed E-state index contributed by atoms with van der Waals surface area (Å²) in [4.78, 5) is 67.3. The first kappa shape index (κ1) is 52.0. The third-order valence-electron chi connectivity index (χ3n) is 8.97. The predicted octanol–water partition coefficient (Wildman–Crippen LogP) is 4.97. The van der Waals surface area contributed by atoms with Crippen LogP contribution in [0.4, 0.5) is 0 Å². The number of thiophene rings is 1. The SMILES string of the molecule is CC.CC(C)C.CCC(C)C(C(CC(=O)N1CCCC1C(OC)C(C)C(=O)NCC(=O)O)OC)N(C)C(=O)CNC(=O)C(C)(C)NC.Cc1cccs1. The number of ether oxygens (including phenoxy) is 2. The van der Waals surface area contributed by atoms with Gasteiger partial charge in [-0.05, 0) is 63.9 Å². The summed E-state index contributed by atoms with van der Waals surface area (Å²) in [6, 6.07) is 3.35. The Bertz CT molecular complexity index is 1190. The van der Waals surface area contributed by atoms with Gasteiger partial charge in [-0.3, -0.25) is 24.0 Å². The first-order valence-electron chi connectivity index (χ1n) is 18.9. The van der Waals surface area contributed by atoms with E-state index in [9.17, 15) is 24.0 Å². The van der Waals surface area contributed by atoms with E-state index in [2.05, 4.69) is 61.2 Å². The van der Waals surface area contributed by atoms with Crippen LogP contribution in [-0.4, -0.2) is 122 Å². The predicted molar refractivity (Wildman–Crippen MR) is 214 cm³/mol. The molecular weight excluding hydrogens is 699 g/mol. The third kappa shape index (κ3) is 19.2. The number of likely N-dealkylation sites (N-methyl/N-ethyl adjacent to an activating group) is 2. The Morgan fingerprint density at radius 3 is 2.04 bits per heavy atom. The second kappa shape index (κ2) is 27.5. The maximum atomic E-state index is 13.7. The molecular formula is C39H73N5O8S. The van der Waals surface area contributed by atoms with Gasteiger partial charge in [-0.25, -0.2) is 0 Å². The van der Waals surface area contributed by atoms with Crippen molar-refractivity contribution in [2.45, 2.75) is 132 Å². The Hall–Kier alpha value is -3.07. The Morgan fingerprint density at radius 1 is 1.04 bits per heavy atom. The van der Waals surface area contributed by atoms with E-state index in [0.29, 0.717) is 13.0 Å². The van der Waals surface area contributed by atoms with Crippen molar-refractivity contribution in [1.29, 1.82) is 0 Å². The monoisotopic (exact) mass is 772 g/mol. The van der Waals surface area contributed by atoms with Gasteiger partial charge in [-0.1, -0.05) is 67.9 Å². The van der Waals surface area contributed by atoms with Crippen LogP contribution in [0.5, 0.6) is 0 Å². The zero-order valence-electron chi connectivity index (χ0n) is 35.3. The van der Waals surface area contributed by atoms with Gasteiger partial charge < -0.3 is 40.3 Å². The lowest BCUT2D eigenvalue weighted by atomic mass is 9.90. The van der Waals surface area contributed by atoms with E-state index in [1.54, 1.807) is 56.0 Å². The molecule has 1 fully saturated rings. The molecule has 4 N–H and O–H groups in total. The van der Waals surface area contributed by atoms with E-state index in [-0.39, 0.29) is 42.6 Å². The van der Waals surface area contributed by atoms with Crippen LogP contribution in [0.15, 0.2) is 17.5 Å². The second-order valence-corrected chi connectivity index (χ2v) is 15.4. The summed E-state index contributed by atoms with van der Waals surface area (Å²) in [7, 11) is 6.31. The number of hydrogen-bond acceptors (Lipinski definition) is 9. The van der Waals surface area contributed by atoms with Crippen molar-refractivity contribution in [1.82, 2.24) is 25.8 Å². The number of carbonyl (C=O) groups is 5. The van der Waals surface area contributed by atoms with Gasteiger partial charge in [-0.2, -0.15) is 0 Å². The molecule has 1 aliphatic rings. The lowest BCUT2D eigenvalue weighted by Crippen LogP contribution is -2.56. The molecule has 0 bridgehead atoms. The van der Waals surface area contributed by atoms with E-state index < -0.39 is 48.1 Å². The minimum absolute atomic E-state index is 0.00873. The maximum absolute atomic E-state index is 13.7. The Balaban J connectivity index is 0. The fraction of sp³-hybridized carbons (Fsp3) is 0.769. The van der Waals surface area contributed by atoms with E-state index in [1.807, 2.05) is 27.7 Å². The molecule has 0 radical (unpaired) electrons. The number of hydrogen-bond donors (Lipinski definition) is 4. The van der Waals surface area contributed by atoms with Crippen molar-refractivity contribution in [2.75, 3.05) is 47.9 Å². The summed E-state index contributed by atoms with van der Waals surface area (Å²) >= 11 is 1.78. The molecule has 14 heteroatoms. The lowest BCUT2D eigenvalue weighted by molar-refractivity contribution is -0.146. The average molecular weight is 772 g/mol. The summed E-state index contributed by atoms with van der Waals surface area (Å²) in [6.45, 7) is 21.5. The van der Waals surface area contributed by atoms with Gasteiger partial charge in [0.1, 0.15) is 6.54 Å². The van der Waals surface area contributed by atoms with Crippen LogP contribution in [0, 0.1) is 24.7 Å². The first-order valence-corrected chi connectivity index (χ1v) is 19.7. The number of amides is 4. The lowest BCUT2D eigenvalue weighted by Gasteiger charge is -2.39. The third-order valence-corrected chi connectivity index (χ3v) is 9.78. The van der Waals surface area contributed by atoms with Crippen LogP contribution in [0.2, 0.25) is 0 Å². The number of methoxy groups -OCH3 is 2. The number of likely N-dealkylation sites (tertiary alicyclic amines) is 1. The summed E-state index contributed by atoms with van der Waals surface area (Å²) in [6.07, 6.45) is 0.859. The van der Waals surface area contributed by atoms with Crippen molar-refractivity contribution in [2.24, 2.45) is 17.8 Å². The van der Waals surface area contributed by atoms with Gasteiger partial charge in [-0.15, -0.1) is 11.3 Å². The van der Waals surface area contributed by atoms with Crippen LogP contribution in [-0.2, 0) is 33.4 Å². The highest BCUT2D eigenvalue weighted by Crippen LogP contribution is 2.29. The van der Waals surface area contributed by atoms with Crippen molar-refractivity contribution in [3.05, 3.63) is 22.4 Å². The van der Waals surface area contributed by atoms with Crippen LogP contribution in [0.25, 0.3) is 0 Å². The van der Waals surface area contributed by atoms with Crippen LogP contribution in [0.3, 0.4) is 0 Å². The number of aryl methyl sites for hydroxylation is 1. The minimum Gasteiger partial charge on any atom is -0.480 e. The molecule has 13 nitrogen and oxygen atoms in total. The molecule has 0 aliphatic carbocycles. The van der Waals surface area contributed by atoms with Crippen molar-refractivity contribution < 1.29 is 38.6 Å². The van der Waals surface area contributed by atoms with E-state index in [4.69, 9.17) is 14.6 Å². The molecule has 308 valence electrons. The van der Waals surface area contributed by atoms with Crippen LogP contribution < -0.4 is 16.0 Å². The first-order chi connectivity index (χ1) is 24.8. The molecule has 2 heterocycles. The number of aliphatic carboxylic acids is 1. The smallest absolute Gasteiger partial charge is 0.322 e. The highest BCUT2D eigenvalue weighted by Gasteiger charge is 2.42. The average Bonchev–Trinajstić information content (AvgIpc) is 3.81. The van der Waals surface area contributed by atoms with Crippen molar-refractivity contribution in [3.8, 4) is 0 Å². The Morgan fingerprint density at radius 2 is 1.62 bits per heavy atom. The number of rotatable bonds is 17. The number of carbonyl (C=O) groups excluding carboxylic acids is 4. The molecule has 0 spiro atoms. The number of nitrogens with zero attached hydrogens (tertiary/aromatic N) is 2. The highest BCUT2D eigenvalue weighted by molar-refractivity contribution is 7.09. The number of carboxylic acid groups (broad SMARTS) is 1. The summed E-state index contributed by atoms with van der Waals surface area (Å²) in [5.41, 5.74) is -0.836. The summed E-state index contributed by atoms with van der Waals surface area (Å²) in [5.74, 6) is -2.26.